The van der Waals surface area contributed by atoms with Crippen LogP contribution in [0.1, 0.15) is 20.8 Å². The summed E-state index contributed by atoms with van der Waals surface area (Å²) < 4.78 is 2.40. The number of aryl methyl sites for hydroxylation is 1. The molecule has 0 aliphatic heterocycles. The van der Waals surface area contributed by atoms with Crippen LogP contribution in [0, 0.1) is 10.1 Å². The van der Waals surface area contributed by atoms with Crippen molar-refractivity contribution in [3.63, 3.8) is 0 Å². The summed E-state index contributed by atoms with van der Waals surface area (Å²) >= 11 is 0. The molecule has 2 rings (SSSR count). The van der Waals surface area contributed by atoms with Crippen LogP contribution >= 0.6 is 0 Å². The van der Waals surface area contributed by atoms with Crippen molar-refractivity contribution in [2.45, 2.75) is 6.54 Å². The lowest BCUT2D eigenvalue weighted by atomic mass is 10.2. The van der Waals surface area contributed by atoms with E-state index in [1.54, 1.807) is 0 Å². The van der Waals surface area contributed by atoms with Gasteiger partial charge in [0.2, 0.25) is 0 Å². The van der Waals surface area contributed by atoms with Gasteiger partial charge in [0.1, 0.15) is 12.4 Å². The van der Waals surface area contributed by atoms with Crippen molar-refractivity contribution in [3.05, 3.63) is 40.0 Å². The van der Waals surface area contributed by atoms with Crippen molar-refractivity contribution in [3.8, 4) is 0 Å². The van der Waals surface area contributed by atoms with Gasteiger partial charge < -0.3 is 10.4 Å². The highest BCUT2D eigenvalue weighted by Crippen LogP contribution is 2.08. The second-order valence-corrected chi connectivity index (χ2v) is 4.31. The van der Waals surface area contributed by atoms with Gasteiger partial charge in [-0.3, -0.25) is 24.3 Å². The third-order valence-corrected chi connectivity index (χ3v) is 2.84. The SMILES string of the molecule is Cn1ncc(C(=O)NCCn2cc([N+](=O)[O-])cn2)c1C(=O)O. The lowest BCUT2D eigenvalue weighted by molar-refractivity contribution is -0.385. The summed E-state index contributed by atoms with van der Waals surface area (Å²) in [5, 5.41) is 29.5. The number of nitrogens with zero attached hydrogens (tertiary/aromatic N) is 5. The van der Waals surface area contributed by atoms with Gasteiger partial charge in [-0.25, -0.2) is 4.79 Å². The summed E-state index contributed by atoms with van der Waals surface area (Å²) in [6, 6.07) is 0. The van der Waals surface area contributed by atoms with Crippen LogP contribution in [0.3, 0.4) is 0 Å². The Hall–Kier alpha value is -3.24. The van der Waals surface area contributed by atoms with Crippen LogP contribution in [-0.2, 0) is 13.6 Å². The minimum Gasteiger partial charge on any atom is -0.477 e. The van der Waals surface area contributed by atoms with Gasteiger partial charge in [0.05, 0.1) is 23.2 Å². The quantitative estimate of drug-likeness (QED) is 0.548. The third kappa shape index (κ3) is 3.08. The van der Waals surface area contributed by atoms with Gasteiger partial charge in [0.15, 0.2) is 5.69 Å². The van der Waals surface area contributed by atoms with E-state index in [4.69, 9.17) is 5.11 Å². The van der Waals surface area contributed by atoms with Crippen molar-refractivity contribution >= 4 is 17.6 Å². The molecule has 0 radical (unpaired) electrons. The molecule has 0 atom stereocenters. The van der Waals surface area contributed by atoms with Gasteiger partial charge in [-0.15, -0.1) is 0 Å². The molecule has 1 amide bonds. The van der Waals surface area contributed by atoms with Crippen LogP contribution in [-0.4, -0.2) is 48.0 Å². The molecule has 0 saturated heterocycles. The minimum atomic E-state index is -1.26. The van der Waals surface area contributed by atoms with E-state index in [0.29, 0.717) is 0 Å². The number of nitrogens with one attached hydrogen (secondary N) is 1. The first-order valence-corrected chi connectivity index (χ1v) is 6.10. The lowest BCUT2D eigenvalue weighted by Crippen LogP contribution is -2.28. The number of hydrogen-bond acceptors (Lipinski definition) is 6. The molecule has 11 heteroatoms. The van der Waals surface area contributed by atoms with Crippen LogP contribution in [0.25, 0.3) is 0 Å². The van der Waals surface area contributed by atoms with Gasteiger partial charge in [-0.2, -0.15) is 10.2 Å². The van der Waals surface area contributed by atoms with Crippen LogP contribution in [0.4, 0.5) is 5.69 Å². The maximum atomic E-state index is 11.9. The topological polar surface area (TPSA) is 145 Å². The predicted molar refractivity (Wildman–Crippen MR) is 71.4 cm³/mol. The van der Waals surface area contributed by atoms with Crippen molar-refractivity contribution in [1.82, 2.24) is 24.9 Å². The Morgan fingerprint density at radius 1 is 1.41 bits per heavy atom. The molecule has 116 valence electrons. The number of aromatic nitrogens is 4. The van der Waals surface area contributed by atoms with E-state index in [1.165, 1.54) is 17.9 Å². The molecule has 0 aliphatic rings. The van der Waals surface area contributed by atoms with E-state index in [9.17, 15) is 19.7 Å². The summed E-state index contributed by atoms with van der Waals surface area (Å²) in [7, 11) is 1.42. The predicted octanol–water partition coefficient (Wildman–Crippen LogP) is -0.347. The summed E-state index contributed by atoms with van der Waals surface area (Å²) in [6.45, 7) is 0.341. The van der Waals surface area contributed by atoms with Gasteiger partial charge in [-0.05, 0) is 0 Å². The van der Waals surface area contributed by atoms with Crippen molar-refractivity contribution in [1.29, 1.82) is 0 Å². The minimum absolute atomic E-state index is 0.0542. The molecule has 2 aromatic heterocycles. The molecule has 0 bridgehead atoms. The molecule has 2 N–H and O–H groups in total. The Morgan fingerprint density at radius 3 is 2.73 bits per heavy atom. The molecule has 22 heavy (non-hydrogen) atoms. The van der Waals surface area contributed by atoms with Crippen LogP contribution in [0.15, 0.2) is 18.6 Å². The number of carboxylic acids is 1. The number of hydrogen-bond donors (Lipinski definition) is 2. The summed E-state index contributed by atoms with van der Waals surface area (Å²) in [5.74, 6) is -1.85. The highest BCUT2D eigenvalue weighted by molar-refractivity contribution is 6.03. The Kier molecular flexibility index (Phi) is 4.15. The van der Waals surface area contributed by atoms with E-state index < -0.39 is 16.8 Å². The maximum Gasteiger partial charge on any atom is 0.354 e. The second-order valence-electron chi connectivity index (χ2n) is 4.31. The molecule has 0 unspecified atom stereocenters. The Bertz CT molecular complexity index is 733. The number of carbonyl (C=O) groups is 2. The Balaban J connectivity index is 1.95. The average molecular weight is 308 g/mol. The molecule has 0 fully saturated rings. The van der Waals surface area contributed by atoms with Crippen molar-refractivity contribution < 1.29 is 19.6 Å². The fourth-order valence-electron chi connectivity index (χ4n) is 1.81. The zero-order valence-corrected chi connectivity index (χ0v) is 11.5. The average Bonchev–Trinajstić information content (AvgIpc) is 3.05. The molecule has 11 nitrogen and oxygen atoms in total. The van der Waals surface area contributed by atoms with Crippen LogP contribution < -0.4 is 5.32 Å². The smallest absolute Gasteiger partial charge is 0.354 e. The van der Waals surface area contributed by atoms with Crippen molar-refractivity contribution in [2.24, 2.45) is 7.05 Å². The van der Waals surface area contributed by atoms with E-state index in [0.717, 1.165) is 17.1 Å². The first-order chi connectivity index (χ1) is 10.4. The number of rotatable bonds is 6. The molecular formula is C11H12N6O5. The number of carbonyl (C=O) groups excluding carboxylic acids is 1. The summed E-state index contributed by atoms with van der Waals surface area (Å²) in [4.78, 5) is 32.9. The summed E-state index contributed by atoms with van der Waals surface area (Å²) in [6.07, 6.45) is 3.50. The molecule has 2 aromatic rings. The number of nitro groups is 1. The van der Waals surface area contributed by atoms with Gasteiger partial charge in [0, 0.05) is 13.6 Å². The Labute approximate surface area is 123 Å². The third-order valence-electron chi connectivity index (χ3n) is 2.84. The standard InChI is InChI=1S/C11H12N6O5/c1-15-9(11(19)20)8(5-13-15)10(18)12-2-3-16-6-7(4-14-16)17(21)22/h4-6H,2-3H2,1H3,(H,12,18)(H,19,20). The first kappa shape index (κ1) is 15.2. The monoisotopic (exact) mass is 308 g/mol. The second kappa shape index (κ2) is 6.03. The summed E-state index contributed by atoms with van der Waals surface area (Å²) in [5.41, 5.74) is -0.416. The molecule has 0 aliphatic carbocycles. The lowest BCUT2D eigenvalue weighted by Gasteiger charge is -2.05. The molecule has 0 saturated carbocycles. The number of aromatic carboxylic acids is 1. The van der Waals surface area contributed by atoms with E-state index in [-0.39, 0.29) is 30.0 Å². The molecular weight excluding hydrogens is 296 g/mol. The highest BCUT2D eigenvalue weighted by Gasteiger charge is 2.21. The number of carboxylic acid groups (broad SMARTS) is 1. The molecule has 0 aromatic carbocycles. The zero-order valence-electron chi connectivity index (χ0n) is 11.5. The molecule has 0 spiro atoms. The molecule has 2 heterocycles. The normalized spacial score (nSPS) is 10.4. The largest absolute Gasteiger partial charge is 0.477 e. The van der Waals surface area contributed by atoms with E-state index in [2.05, 4.69) is 15.5 Å². The van der Waals surface area contributed by atoms with E-state index >= 15 is 0 Å². The van der Waals surface area contributed by atoms with Crippen LogP contribution in [0.5, 0.6) is 0 Å². The highest BCUT2D eigenvalue weighted by atomic mass is 16.6. The van der Waals surface area contributed by atoms with E-state index in [1.807, 2.05) is 0 Å². The number of amides is 1. The van der Waals surface area contributed by atoms with Crippen LogP contribution in [0.2, 0.25) is 0 Å². The fraction of sp³-hybridized carbons (Fsp3) is 0.273. The fourth-order valence-corrected chi connectivity index (χ4v) is 1.81. The van der Waals surface area contributed by atoms with Gasteiger partial charge >= 0.3 is 11.7 Å². The maximum absolute atomic E-state index is 11.9. The van der Waals surface area contributed by atoms with Gasteiger partial charge in [-0.1, -0.05) is 0 Å². The zero-order chi connectivity index (χ0) is 16.3. The Morgan fingerprint density at radius 2 is 2.14 bits per heavy atom. The first-order valence-electron chi connectivity index (χ1n) is 6.10. The van der Waals surface area contributed by atoms with Crippen molar-refractivity contribution in [2.75, 3.05) is 6.54 Å². The van der Waals surface area contributed by atoms with Gasteiger partial charge in [0.25, 0.3) is 5.91 Å².